The lowest BCUT2D eigenvalue weighted by atomic mass is 9.91. The van der Waals surface area contributed by atoms with Crippen molar-refractivity contribution in [2.75, 3.05) is 0 Å². The van der Waals surface area contributed by atoms with Gasteiger partial charge in [-0.25, -0.2) is 0 Å². The van der Waals surface area contributed by atoms with Crippen LogP contribution in [0.3, 0.4) is 0 Å². The fraction of sp³-hybridized carbons (Fsp3) is 0.125. The van der Waals surface area contributed by atoms with E-state index in [0.29, 0.717) is 21.2 Å². The van der Waals surface area contributed by atoms with E-state index in [1.807, 2.05) is 19.1 Å². The Labute approximate surface area is 141 Å². The van der Waals surface area contributed by atoms with Crippen molar-refractivity contribution in [2.45, 2.75) is 12.8 Å². The maximum atomic E-state index is 12.5. The van der Waals surface area contributed by atoms with Gasteiger partial charge in [0, 0.05) is 20.1 Å². The van der Waals surface area contributed by atoms with Crippen molar-refractivity contribution in [2.24, 2.45) is 0 Å². The molecule has 5 heteroatoms. The number of hydrogen-bond acceptors (Lipinski definition) is 2. The van der Waals surface area contributed by atoms with E-state index in [-0.39, 0.29) is 5.78 Å². The molecule has 0 aromatic heterocycles. The summed E-state index contributed by atoms with van der Waals surface area (Å²) in [6, 6.07) is 12.0. The van der Waals surface area contributed by atoms with Crippen LogP contribution in [0.5, 0.6) is 0 Å². The molecule has 0 aliphatic carbocycles. The number of rotatable bonds is 3. The van der Waals surface area contributed by atoms with E-state index in [1.54, 1.807) is 24.3 Å². The zero-order valence-electron chi connectivity index (χ0n) is 11.0. The molecule has 0 spiro atoms. The predicted molar refractivity (Wildman–Crippen MR) is 88.0 cm³/mol. The van der Waals surface area contributed by atoms with Crippen LogP contribution < -0.4 is 0 Å². The van der Waals surface area contributed by atoms with Gasteiger partial charge in [-0.2, -0.15) is 5.26 Å². The molecule has 1 atom stereocenters. The SMILES string of the molecule is Cc1ccc(C(=O)C(C#N)c2ccc(Cl)cc2Cl)cc1Br. The van der Waals surface area contributed by atoms with Gasteiger partial charge in [0.2, 0.25) is 0 Å². The molecule has 0 saturated carbocycles. The number of ketones is 1. The molecule has 0 heterocycles. The molecule has 2 rings (SSSR count). The molecule has 0 saturated heterocycles. The van der Waals surface area contributed by atoms with Crippen molar-refractivity contribution in [1.82, 2.24) is 0 Å². The average Bonchev–Trinajstić information content (AvgIpc) is 2.44. The van der Waals surface area contributed by atoms with Crippen molar-refractivity contribution >= 4 is 44.9 Å². The van der Waals surface area contributed by atoms with Crippen molar-refractivity contribution in [3.63, 3.8) is 0 Å². The minimum absolute atomic E-state index is 0.289. The number of aryl methyl sites for hydroxylation is 1. The second-order valence-corrected chi connectivity index (χ2v) is 6.25. The smallest absolute Gasteiger partial charge is 0.184 e. The highest BCUT2D eigenvalue weighted by atomic mass is 79.9. The highest BCUT2D eigenvalue weighted by molar-refractivity contribution is 9.10. The number of carbonyl (C=O) groups excluding carboxylic acids is 1. The fourth-order valence-electron chi connectivity index (χ4n) is 1.92. The molecule has 1 unspecified atom stereocenters. The molecule has 0 amide bonds. The van der Waals surface area contributed by atoms with Gasteiger partial charge in [-0.1, -0.05) is 57.3 Å². The summed E-state index contributed by atoms with van der Waals surface area (Å²) in [5.74, 6) is -1.24. The molecular weight excluding hydrogens is 373 g/mol. The van der Waals surface area contributed by atoms with E-state index in [1.165, 1.54) is 6.07 Å². The Morgan fingerprint density at radius 2 is 1.95 bits per heavy atom. The predicted octanol–water partition coefficient (Wildman–Crippen LogP) is 5.55. The normalized spacial score (nSPS) is 11.8. The number of benzene rings is 2. The zero-order chi connectivity index (χ0) is 15.6. The van der Waals surface area contributed by atoms with Gasteiger partial charge in [0.25, 0.3) is 0 Å². The van der Waals surface area contributed by atoms with E-state index < -0.39 is 5.92 Å². The van der Waals surface area contributed by atoms with E-state index in [0.717, 1.165) is 10.0 Å². The Kier molecular flexibility index (Phi) is 5.05. The molecule has 0 N–H and O–H groups in total. The second kappa shape index (κ2) is 6.62. The third-order valence-corrected chi connectivity index (χ3v) is 4.54. The molecule has 0 fully saturated rings. The van der Waals surface area contributed by atoms with Crippen LogP contribution in [0.15, 0.2) is 40.9 Å². The zero-order valence-corrected chi connectivity index (χ0v) is 14.1. The van der Waals surface area contributed by atoms with Gasteiger partial charge in [0.05, 0.1) is 6.07 Å². The highest BCUT2D eigenvalue weighted by Crippen LogP contribution is 2.30. The first-order valence-electron chi connectivity index (χ1n) is 6.09. The number of hydrogen-bond donors (Lipinski definition) is 0. The molecule has 21 heavy (non-hydrogen) atoms. The Hall–Kier alpha value is -1.34. The van der Waals surface area contributed by atoms with E-state index in [4.69, 9.17) is 23.2 Å². The lowest BCUT2D eigenvalue weighted by molar-refractivity contribution is 0.0979. The first-order chi connectivity index (χ1) is 9.93. The van der Waals surface area contributed by atoms with Gasteiger partial charge in [0.1, 0.15) is 5.92 Å². The third kappa shape index (κ3) is 3.47. The molecule has 0 aliphatic rings. The summed E-state index contributed by atoms with van der Waals surface area (Å²) >= 11 is 15.3. The van der Waals surface area contributed by atoms with Crippen molar-refractivity contribution in [3.8, 4) is 6.07 Å². The summed E-state index contributed by atoms with van der Waals surface area (Å²) in [6.07, 6.45) is 0. The molecule has 0 radical (unpaired) electrons. The molecular formula is C16H10BrCl2NO. The maximum absolute atomic E-state index is 12.5. The van der Waals surface area contributed by atoms with Gasteiger partial charge in [0.15, 0.2) is 5.78 Å². The van der Waals surface area contributed by atoms with Gasteiger partial charge in [-0.3, -0.25) is 4.79 Å². The number of halogens is 3. The van der Waals surface area contributed by atoms with E-state index >= 15 is 0 Å². The summed E-state index contributed by atoms with van der Waals surface area (Å²) in [5, 5.41) is 10.1. The Balaban J connectivity index is 2.43. The molecule has 2 aromatic carbocycles. The van der Waals surface area contributed by atoms with E-state index in [9.17, 15) is 10.1 Å². The number of carbonyl (C=O) groups is 1. The van der Waals surface area contributed by atoms with Crippen molar-refractivity contribution in [1.29, 1.82) is 5.26 Å². The van der Waals surface area contributed by atoms with Crippen LogP contribution in [0.4, 0.5) is 0 Å². The van der Waals surface area contributed by atoms with Gasteiger partial charge in [-0.15, -0.1) is 0 Å². The first kappa shape index (κ1) is 16.0. The first-order valence-corrected chi connectivity index (χ1v) is 7.64. The van der Waals surface area contributed by atoms with Crippen LogP contribution in [-0.2, 0) is 0 Å². The monoisotopic (exact) mass is 381 g/mol. The lowest BCUT2D eigenvalue weighted by Crippen LogP contribution is -2.12. The number of nitriles is 1. The van der Waals surface area contributed by atoms with Crippen LogP contribution >= 0.6 is 39.1 Å². The number of nitrogens with zero attached hydrogens (tertiary/aromatic N) is 1. The van der Waals surface area contributed by atoms with Crippen LogP contribution in [0.1, 0.15) is 27.4 Å². The Morgan fingerprint density at radius 1 is 1.24 bits per heavy atom. The third-order valence-electron chi connectivity index (χ3n) is 3.12. The summed E-state index contributed by atoms with van der Waals surface area (Å²) in [5.41, 5.74) is 1.94. The Bertz CT molecular complexity index is 752. The number of Topliss-reactive ketones (excluding diaryl/α,β-unsaturated/α-hetero) is 1. The fourth-order valence-corrected chi connectivity index (χ4v) is 2.81. The van der Waals surface area contributed by atoms with Crippen molar-refractivity contribution < 1.29 is 4.79 Å². The van der Waals surface area contributed by atoms with Crippen molar-refractivity contribution in [3.05, 3.63) is 67.6 Å². The summed E-state index contributed by atoms with van der Waals surface area (Å²) in [6.45, 7) is 1.93. The average molecular weight is 383 g/mol. The standard InChI is InChI=1S/C16H10BrCl2NO/c1-9-2-3-10(6-14(9)17)16(21)13(8-20)12-5-4-11(18)7-15(12)19/h2-7,13H,1H3. The van der Waals surface area contributed by atoms with Gasteiger partial charge >= 0.3 is 0 Å². The van der Waals surface area contributed by atoms with Gasteiger partial charge < -0.3 is 0 Å². The quantitative estimate of drug-likeness (QED) is 0.652. The summed E-state index contributed by atoms with van der Waals surface area (Å²) in [4.78, 5) is 12.5. The van der Waals surface area contributed by atoms with Crippen LogP contribution in [0, 0.1) is 18.3 Å². The molecule has 0 bridgehead atoms. The summed E-state index contributed by atoms with van der Waals surface area (Å²) < 4.78 is 0.826. The summed E-state index contributed by atoms with van der Waals surface area (Å²) in [7, 11) is 0. The van der Waals surface area contributed by atoms with E-state index in [2.05, 4.69) is 15.9 Å². The van der Waals surface area contributed by atoms with Gasteiger partial charge in [-0.05, 0) is 36.2 Å². The van der Waals surface area contributed by atoms with Crippen LogP contribution in [-0.4, -0.2) is 5.78 Å². The second-order valence-electron chi connectivity index (χ2n) is 4.56. The minimum atomic E-state index is -0.954. The molecule has 0 aliphatic heterocycles. The molecule has 2 nitrogen and oxygen atoms in total. The Morgan fingerprint density at radius 3 is 2.52 bits per heavy atom. The topological polar surface area (TPSA) is 40.9 Å². The van der Waals surface area contributed by atoms with Crippen LogP contribution in [0.2, 0.25) is 10.0 Å². The lowest BCUT2D eigenvalue weighted by Gasteiger charge is -2.11. The van der Waals surface area contributed by atoms with Crippen LogP contribution in [0.25, 0.3) is 0 Å². The minimum Gasteiger partial charge on any atom is -0.292 e. The molecule has 106 valence electrons. The highest BCUT2D eigenvalue weighted by Gasteiger charge is 2.24. The largest absolute Gasteiger partial charge is 0.292 e. The molecule has 2 aromatic rings. The maximum Gasteiger partial charge on any atom is 0.184 e.